The van der Waals surface area contributed by atoms with Gasteiger partial charge in [-0.25, -0.2) is 4.98 Å². The number of rotatable bonds is 6. The predicted octanol–water partition coefficient (Wildman–Crippen LogP) is 3.27. The summed E-state index contributed by atoms with van der Waals surface area (Å²) >= 11 is 0. The number of nitrogens with zero attached hydrogens (tertiary/aromatic N) is 2. The van der Waals surface area contributed by atoms with Crippen molar-refractivity contribution in [1.82, 2.24) is 9.55 Å². The minimum atomic E-state index is 0.813. The van der Waals surface area contributed by atoms with Gasteiger partial charge < -0.3 is 4.57 Å². The highest BCUT2D eigenvalue weighted by molar-refractivity contribution is 4.93. The molecule has 0 saturated carbocycles. The van der Waals surface area contributed by atoms with Crippen LogP contribution in [0, 0.1) is 5.92 Å². The monoisotopic (exact) mass is 194 g/mol. The Morgan fingerprint density at radius 2 is 2.14 bits per heavy atom. The normalized spacial score (nSPS) is 13.1. The molecule has 0 fully saturated rings. The third-order valence-electron chi connectivity index (χ3n) is 2.89. The van der Waals surface area contributed by atoms with Gasteiger partial charge in [0.2, 0.25) is 0 Å². The van der Waals surface area contributed by atoms with E-state index in [0.29, 0.717) is 0 Å². The van der Waals surface area contributed by atoms with Crippen LogP contribution in [0.4, 0.5) is 0 Å². The molecular formula is C12H22N2. The molecule has 0 radical (unpaired) electrons. The number of imidazole rings is 1. The Labute approximate surface area is 87.4 Å². The lowest BCUT2D eigenvalue weighted by atomic mass is 9.97. The van der Waals surface area contributed by atoms with Crippen molar-refractivity contribution in [2.75, 3.05) is 0 Å². The van der Waals surface area contributed by atoms with Crippen LogP contribution in [0.1, 0.15) is 45.9 Å². The molecule has 0 aliphatic heterocycles. The Kier molecular flexibility index (Phi) is 4.71. The average molecular weight is 194 g/mol. The maximum atomic E-state index is 4.42. The molecule has 1 atom stereocenters. The van der Waals surface area contributed by atoms with Crippen LogP contribution in [0.25, 0.3) is 0 Å². The van der Waals surface area contributed by atoms with Crippen molar-refractivity contribution in [2.24, 2.45) is 5.92 Å². The summed E-state index contributed by atoms with van der Waals surface area (Å²) in [7, 11) is 0. The summed E-state index contributed by atoms with van der Waals surface area (Å²) in [5.74, 6) is 2.07. The van der Waals surface area contributed by atoms with Gasteiger partial charge in [0.05, 0.1) is 0 Å². The standard InChI is InChI=1S/C12H22N2/c1-4-7-11(5-2)10-12-13-8-9-14(12)6-3/h8-9,11H,4-7,10H2,1-3H3. The first-order valence-electron chi connectivity index (χ1n) is 5.81. The van der Waals surface area contributed by atoms with Gasteiger partial charge >= 0.3 is 0 Å². The molecule has 2 nitrogen and oxygen atoms in total. The van der Waals surface area contributed by atoms with Gasteiger partial charge in [-0.05, 0) is 12.8 Å². The lowest BCUT2D eigenvalue weighted by molar-refractivity contribution is 0.443. The van der Waals surface area contributed by atoms with Gasteiger partial charge in [0.25, 0.3) is 0 Å². The van der Waals surface area contributed by atoms with Crippen molar-refractivity contribution < 1.29 is 0 Å². The minimum Gasteiger partial charge on any atom is -0.335 e. The molecule has 0 amide bonds. The van der Waals surface area contributed by atoms with Crippen molar-refractivity contribution in [2.45, 2.75) is 53.0 Å². The number of hydrogen-bond acceptors (Lipinski definition) is 1. The fourth-order valence-corrected chi connectivity index (χ4v) is 1.93. The van der Waals surface area contributed by atoms with Crippen LogP contribution in [0.15, 0.2) is 12.4 Å². The first-order valence-corrected chi connectivity index (χ1v) is 5.81. The lowest BCUT2D eigenvalue weighted by Gasteiger charge is -2.13. The van der Waals surface area contributed by atoms with Gasteiger partial charge in [0, 0.05) is 25.4 Å². The molecule has 0 aromatic carbocycles. The molecule has 0 spiro atoms. The first-order chi connectivity index (χ1) is 6.81. The Morgan fingerprint density at radius 3 is 2.71 bits per heavy atom. The Hall–Kier alpha value is -0.790. The molecule has 0 bridgehead atoms. The third kappa shape index (κ3) is 2.86. The van der Waals surface area contributed by atoms with Crippen molar-refractivity contribution in [3.05, 3.63) is 18.2 Å². The zero-order chi connectivity index (χ0) is 10.4. The second-order valence-corrected chi connectivity index (χ2v) is 3.90. The molecule has 0 aliphatic rings. The highest BCUT2D eigenvalue weighted by Gasteiger charge is 2.09. The van der Waals surface area contributed by atoms with Crippen molar-refractivity contribution in [1.29, 1.82) is 0 Å². The number of aryl methyl sites for hydroxylation is 1. The van der Waals surface area contributed by atoms with E-state index in [9.17, 15) is 0 Å². The second kappa shape index (κ2) is 5.84. The summed E-state index contributed by atoms with van der Waals surface area (Å²) in [5, 5.41) is 0. The zero-order valence-corrected chi connectivity index (χ0v) is 9.66. The molecule has 14 heavy (non-hydrogen) atoms. The van der Waals surface area contributed by atoms with Gasteiger partial charge in [0.15, 0.2) is 0 Å². The van der Waals surface area contributed by atoms with Gasteiger partial charge in [0.1, 0.15) is 5.82 Å². The molecule has 0 saturated heterocycles. The maximum absolute atomic E-state index is 4.42. The predicted molar refractivity (Wildman–Crippen MR) is 60.3 cm³/mol. The third-order valence-corrected chi connectivity index (χ3v) is 2.89. The van der Waals surface area contributed by atoms with E-state index in [1.165, 1.54) is 25.1 Å². The molecule has 1 unspecified atom stereocenters. The van der Waals surface area contributed by atoms with E-state index in [-0.39, 0.29) is 0 Å². The van der Waals surface area contributed by atoms with E-state index in [1.807, 2.05) is 6.20 Å². The molecule has 2 heteroatoms. The van der Waals surface area contributed by atoms with Crippen LogP contribution < -0.4 is 0 Å². The van der Waals surface area contributed by atoms with Crippen molar-refractivity contribution in [3.8, 4) is 0 Å². The number of hydrogen-bond donors (Lipinski definition) is 0. The fraction of sp³-hybridized carbons (Fsp3) is 0.750. The van der Waals surface area contributed by atoms with E-state index in [2.05, 4.69) is 36.5 Å². The lowest BCUT2D eigenvalue weighted by Crippen LogP contribution is -2.09. The SMILES string of the molecule is CCCC(CC)Cc1nccn1CC. The van der Waals surface area contributed by atoms with E-state index < -0.39 is 0 Å². The largest absolute Gasteiger partial charge is 0.335 e. The molecule has 1 heterocycles. The molecule has 1 aromatic heterocycles. The van der Waals surface area contributed by atoms with E-state index >= 15 is 0 Å². The zero-order valence-electron chi connectivity index (χ0n) is 9.66. The Bertz CT molecular complexity index is 253. The van der Waals surface area contributed by atoms with Gasteiger partial charge in [-0.3, -0.25) is 0 Å². The number of aromatic nitrogens is 2. The van der Waals surface area contributed by atoms with Gasteiger partial charge in [-0.1, -0.05) is 33.1 Å². The smallest absolute Gasteiger partial charge is 0.108 e. The van der Waals surface area contributed by atoms with E-state index in [0.717, 1.165) is 18.9 Å². The van der Waals surface area contributed by atoms with Crippen molar-refractivity contribution >= 4 is 0 Å². The molecule has 1 aromatic rings. The maximum Gasteiger partial charge on any atom is 0.108 e. The van der Waals surface area contributed by atoms with E-state index in [4.69, 9.17) is 0 Å². The Morgan fingerprint density at radius 1 is 1.36 bits per heavy atom. The summed E-state index contributed by atoms with van der Waals surface area (Å²) in [6.45, 7) is 7.75. The minimum absolute atomic E-state index is 0.813. The quantitative estimate of drug-likeness (QED) is 0.679. The Balaban J connectivity index is 2.56. The summed E-state index contributed by atoms with van der Waals surface area (Å²) in [4.78, 5) is 4.42. The molecular weight excluding hydrogens is 172 g/mol. The second-order valence-electron chi connectivity index (χ2n) is 3.90. The van der Waals surface area contributed by atoms with Crippen LogP contribution in [0.3, 0.4) is 0 Å². The van der Waals surface area contributed by atoms with Gasteiger partial charge in [-0.2, -0.15) is 0 Å². The highest BCUT2D eigenvalue weighted by atomic mass is 15.0. The van der Waals surface area contributed by atoms with E-state index in [1.54, 1.807) is 0 Å². The van der Waals surface area contributed by atoms with Crippen LogP contribution in [0.5, 0.6) is 0 Å². The summed E-state index contributed by atoms with van der Waals surface area (Å²) in [6.07, 6.45) is 9.01. The topological polar surface area (TPSA) is 17.8 Å². The summed E-state index contributed by atoms with van der Waals surface area (Å²) < 4.78 is 2.25. The highest BCUT2D eigenvalue weighted by Crippen LogP contribution is 2.16. The van der Waals surface area contributed by atoms with Crippen LogP contribution in [-0.2, 0) is 13.0 Å². The van der Waals surface area contributed by atoms with Crippen molar-refractivity contribution in [3.63, 3.8) is 0 Å². The summed E-state index contributed by atoms with van der Waals surface area (Å²) in [6, 6.07) is 0. The molecule has 80 valence electrons. The average Bonchev–Trinajstić information content (AvgIpc) is 2.64. The first kappa shape index (κ1) is 11.3. The molecule has 0 N–H and O–H groups in total. The molecule has 0 aliphatic carbocycles. The summed E-state index contributed by atoms with van der Waals surface area (Å²) in [5.41, 5.74) is 0. The van der Waals surface area contributed by atoms with Crippen LogP contribution in [0.2, 0.25) is 0 Å². The van der Waals surface area contributed by atoms with Crippen LogP contribution in [-0.4, -0.2) is 9.55 Å². The van der Waals surface area contributed by atoms with Crippen LogP contribution >= 0.6 is 0 Å². The fourth-order valence-electron chi connectivity index (χ4n) is 1.93. The van der Waals surface area contributed by atoms with Gasteiger partial charge in [-0.15, -0.1) is 0 Å². The molecule has 1 rings (SSSR count).